The Labute approximate surface area is 261 Å². The van der Waals surface area contributed by atoms with Crippen LogP contribution in [-0.2, 0) is 16.6 Å². The third kappa shape index (κ3) is 7.83. The van der Waals surface area contributed by atoms with Crippen LogP contribution in [0.5, 0.6) is 11.5 Å². The minimum atomic E-state index is -0.577. The van der Waals surface area contributed by atoms with Crippen molar-refractivity contribution in [2.45, 2.75) is 39.7 Å². The number of nitrogens with one attached hydrogen (secondary N) is 2. The maximum Gasteiger partial charge on any atom is 0.410 e. The topological polar surface area (TPSA) is 127 Å². The summed E-state index contributed by atoms with van der Waals surface area (Å²) in [6.07, 6.45) is 5.02. The molecule has 45 heavy (non-hydrogen) atoms. The number of nitrogens with zero attached hydrogens (tertiary/aromatic N) is 6. The van der Waals surface area contributed by atoms with Gasteiger partial charge in [0.2, 0.25) is 0 Å². The molecule has 230 valence electrons. The van der Waals surface area contributed by atoms with Gasteiger partial charge >= 0.3 is 12.4 Å². The average Bonchev–Trinajstić information content (AvgIpc) is 3.35. The Morgan fingerprint density at radius 2 is 1.84 bits per heavy atom. The molecule has 0 unspecified atom stereocenters. The number of aromatic nitrogens is 5. The minimum absolute atomic E-state index is 0.324. The van der Waals surface area contributed by atoms with Crippen molar-refractivity contribution in [2.75, 3.05) is 24.2 Å². The van der Waals surface area contributed by atoms with E-state index in [1.807, 2.05) is 59.7 Å². The molecule has 12 heteroatoms. The van der Waals surface area contributed by atoms with Crippen LogP contribution in [-0.4, -0.2) is 55.6 Å². The molecule has 0 saturated heterocycles. The predicted octanol–water partition coefficient (Wildman–Crippen LogP) is 5.15. The molecule has 0 aliphatic heterocycles. The molecule has 5 aromatic rings. The molecule has 3 heterocycles. The van der Waals surface area contributed by atoms with Gasteiger partial charge in [0.15, 0.2) is 0 Å². The van der Waals surface area contributed by atoms with E-state index in [0.717, 1.165) is 28.0 Å². The molecule has 0 bridgehead atoms. The van der Waals surface area contributed by atoms with Gasteiger partial charge in [-0.1, -0.05) is 5.92 Å². The van der Waals surface area contributed by atoms with Crippen molar-refractivity contribution in [2.24, 2.45) is 7.05 Å². The Bertz CT molecular complexity index is 1950. The van der Waals surface area contributed by atoms with Gasteiger partial charge in [-0.15, -0.1) is 4.52 Å². The SMILES string of the molecule is Cc1cc(Nc2ncnc3ccc(NC(=O)C#CCCN(C)C(=O)OC(C)(C)C)cc23)ccc1Oc1ccn2c(c1)nc[n+]2C. The first kappa shape index (κ1) is 30.7. The Hall–Kier alpha value is -5.70. The fourth-order valence-corrected chi connectivity index (χ4v) is 4.39. The van der Waals surface area contributed by atoms with E-state index in [4.69, 9.17) is 9.47 Å². The van der Waals surface area contributed by atoms with Crippen LogP contribution < -0.4 is 20.1 Å². The van der Waals surface area contributed by atoms with Gasteiger partial charge in [-0.05, 0) is 80.6 Å². The third-order valence-corrected chi connectivity index (χ3v) is 6.62. The second-order valence-electron chi connectivity index (χ2n) is 11.5. The van der Waals surface area contributed by atoms with Gasteiger partial charge in [0, 0.05) is 42.8 Å². The maximum atomic E-state index is 12.5. The van der Waals surface area contributed by atoms with E-state index < -0.39 is 17.6 Å². The zero-order valence-electron chi connectivity index (χ0n) is 26.1. The van der Waals surface area contributed by atoms with E-state index in [1.165, 1.54) is 11.2 Å². The van der Waals surface area contributed by atoms with Gasteiger partial charge < -0.3 is 25.0 Å². The number of amides is 2. The highest BCUT2D eigenvalue weighted by atomic mass is 16.6. The van der Waals surface area contributed by atoms with Crippen molar-refractivity contribution in [1.29, 1.82) is 0 Å². The molecular formula is C33H35N8O4+. The smallest absolute Gasteiger partial charge is 0.410 e. The molecule has 2 aromatic carbocycles. The molecule has 0 radical (unpaired) electrons. The van der Waals surface area contributed by atoms with Gasteiger partial charge in [0.25, 0.3) is 11.6 Å². The highest BCUT2D eigenvalue weighted by Gasteiger charge is 2.19. The molecule has 0 fully saturated rings. The summed E-state index contributed by atoms with van der Waals surface area (Å²) in [5.41, 5.74) is 3.21. The van der Waals surface area contributed by atoms with Crippen LogP contribution in [0, 0.1) is 18.8 Å². The molecule has 0 atom stereocenters. The molecule has 5 rings (SSSR count). The second-order valence-corrected chi connectivity index (χ2v) is 11.5. The molecule has 0 aliphatic carbocycles. The van der Waals surface area contributed by atoms with Crippen molar-refractivity contribution >= 4 is 45.7 Å². The number of aryl methyl sites for hydroxylation is 2. The molecule has 12 nitrogen and oxygen atoms in total. The first-order valence-electron chi connectivity index (χ1n) is 14.3. The largest absolute Gasteiger partial charge is 0.457 e. The zero-order valence-corrected chi connectivity index (χ0v) is 26.1. The number of benzene rings is 2. The molecule has 0 spiro atoms. The quantitative estimate of drug-likeness (QED) is 0.192. The molecule has 2 amide bonds. The summed E-state index contributed by atoms with van der Waals surface area (Å²) in [6.45, 7) is 7.72. The fourth-order valence-electron chi connectivity index (χ4n) is 4.39. The van der Waals surface area contributed by atoms with E-state index in [0.29, 0.717) is 35.7 Å². The van der Waals surface area contributed by atoms with Crippen LogP contribution in [0.4, 0.5) is 22.0 Å². The standard InChI is InChI=1S/C33H34N8O4/c1-22-17-23(11-13-28(22)44-25-14-16-41-29(19-25)36-21-40(41)6)38-31-26-18-24(10-12-27(26)34-20-35-31)37-30(42)9-7-8-15-39(5)32(43)45-33(2,3)4/h10-14,16-21H,8,15H2,1-6H3,(H-,34,35,37,38,42)/p+1. The normalized spacial score (nSPS) is 11.1. The Morgan fingerprint density at radius 1 is 1.04 bits per heavy atom. The number of hydrogen-bond donors (Lipinski definition) is 2. The van der Waals surface area contributed by atoms with Crippen LogP contribution >= 0.6 is 0 Å². The summed E-state index contributed by atoms with van der Waals surface area (Å²) in [5, 5.41) is 6.87. The second kappa shape index (κ2) is 12.9. The minimum Gasteiger partial charge on any atom is -0.457 e. The van der Waals surface area contributed by atoms with E-state index in [1.54, 1.807) is 52.3 Å². The lowest BCUT2D eigenvalue weighted by Crippen LogP contribution is -2.34. The number of rotatable bonds is 7. The fraction of sp³-hybridized carbons (Fsp3) is 0.273. The lowest BCUT2D eigenvalue weighted by atomic mass is 10.1. The van der Waals surface area contributed by atoms with Crippen molar-refractivity contribution in [3.63, 3.8) is 0 Å². The zero-order chi connectivity index (χ0) is 32.1. The summed E-state index contributed by atoms with van der Waals surface area (Å²) in [5.74, 6) is 6.90. The third-order valence-electron chi connectivity index (χ3n) is 6.62. The van der Waals surface area contributed by atoms with Crippen LogP contribution in [0.25, 0.3) is 16.6 Å². The molecule has 0 aliphatic rings. The van der Waals surface area contributed by atoms with E-state index in [-0.39, 0.29) is 0 Å². The van der Waals surface area contributed by atoms with E-state index >= 15 is 0 Å². The Balaban J connectivity index is 1.23. The van der Waals surface area contributed by atoms with Gasteiger partial charge in [0.05, 0.1) is 17.8 Å². The van der Waals surface area contributed by atoms with Crippen molar-refractivity contribution in [3.05, 3.63) is 72.9 Å². The Kier molecular flexibility index (Phi) is 8.81. The molecular weight excluding hydrogens is 572 g/mol. The average molecular weight is 608 g/mol. The van der Waals surface area contributed by atoms with Gasteiger partial charge in [-0.25, -0.2) is 14.8 Å². The van der Waals surface area contributed by atoms with Crippen LogP contribution in [0.3, 0.4) is 0 Å². The van der Waals surface area contributed by atoms with Gasteiger partial charge in [0.1, 0.15) is 36.3 Å². The molecule has 0 saturated carbocycles. The highest BCUT2D eigenvalue weighted by molar-refractivity contribution is 6.05. The number of carbonyl (C=O) groups excluding carboxylic acids is 2. The predicted molar refractivity (Wildman–Crippen MR) is 170 cm³/mol. The summed E-state index contributed by atoms with van der Waals surface area (Å²) in [7, 11) is 3.55. The maximum absolute atomic E-state index is 12.5. The van der Waals surface area contributed by atoms with E-state index in [2.05, 4.69) is 37.4 Å². The highest BCUT2D eigenvalue weighted by Crippen LogP contribution is 2.30. The van der Waals surface area contributed by atoms with Crippen molar-refractivity contribution in [1.82, 2.24) is 24.4 Å². The number of ether oxygens (including phenoxy) is 2. The summed E-state index contributed by atoms with van der Waals surface area (Å²) in [4.78, 5) is 39.2. The number of fused-ring (bicyclic) bond motifs is 2. The molecule has 3 aromatic heterocycles. The van der Waals surface area contributed by atoms with Crippen LogP contribution in [0.15, 0.2) is 67.4 Å². The summed E-state index contributed by atoms with van der Waals surface area (Å²) < 4.78 is 15.3. The Morgan fingerprint density at radius 3 is 2.62 bits per heavy atom. The number of hydrogen-bond acceptors (Lipinski definition) is 8. The first-order chi connectivity index (χ1) is 21.4. The first-order valence-corrected chi connectivity index (χ1v) is 14.3. The lowest BCUT2D eigenvalue weighted by Gasteiger charge is -2.24. The van der Waals surface area contributed by atoms with Gasteiger partial charge in [-0.2, -0.15) is 4.68 Å². The number of pyridine rings is 1. The van der Waals surface area contributed by atoms with E-state index in [9.17, 15) is 9.59 Å². The monoisotopic (exact) mass is 607 g/mol. The van der Waals surface area contributed by atoms with Crippen LogP contribution in [0.1, 0.15) is 32.8 Å². The summed E-state index contributed by atoms with van der Waals surface area (Å²) >= 11 is 0. The number of carbonyl (C=O) groups is 2. The van der Waals surface area contributed by atoms with Crippen LogP contribution in [0.2, 0.25) is 0 Å². The molecule has 2 N–H and O–H groups in total. The van der Waals surface area contributed by atoms with Gasteiger partial charge in [-0.3, -0.25) is 4.79 Å². The summed E-state index contributed by atoms with van der Waals surface area (Å²) in [6, 6.07) is 14.9. The number of anilines is 3. The lowest BCUT2D eigenvalue weighted by molar-refractivity contribution is -0.739. The van der Waals surface area contributed by atoms with Crippen molar-refractivity contribution in [3.8, 4) is 23.3 Å². The van der Waals surface area contributed by atoms with Crippen molar-refractivity contribution < 1.29 is 23.7 Å².